The van der Waals surface area contributed by atoms with Crippen LogP contribution in [0.2, 0.25) is 0 Å². The van der Waals surface area contributed by atoms with Gasteiger partial charge in [-0.2, -0.15) is 13.2 Å². The molecule has 0 unspecified atom stereocenters. The maximum absolute atomic E-state index is 12.4. The van der Waals surface area contributed by atoms with Crippen molar-refractivity contribution in [2.45, 2.75) is 23.7 Å². The summed E-state index contributed by atoms with van der Waals surface area (Å²) in [6, 6.07) is 3.64. The van der Waals surface area contributed by atoms with Crippen LogP contribution in [0, 0.1) is 0 Å². The zero-order valence-electron chi connectivity index (χ0n) is 11.0. The van der Waals surface area contributed by atoms with Gasteiger partial charge in [0.15, 0.2) is 5.78 Å². The number of hydrogen-bond acceptors (Lipinski definition) is 4. The van der Waals surface area contributed by atoms with E-state index in [1.807, 2.05) is 0 Å². The summed E-state index contributed by atoms with van der Waals surface area (Å²) in [4.78, 5) is 22.8. The maximum atomic E-state index is 12.4. The summed E-state index contributed by atoms with van der Waals surface area (Å²) in [6.07, 6.45) is -0.137. The van der Waals surface area contributed by atoms with Crippen LogP contribution in [0.15, 0.2) is 23.1 Å². The third kappa shape index (κ3) is 6.39. The predicted octanol–water partition coefficient (Wildman–Crippen LogP) is 3.83. The van der Waals surface area contributed by atoms with E-state index in [-0.39, 0.29) is 52.5 Å². The first kappa shape index (κ1) is 17.8. The van der Waals surface area contributed by atoms with Crippen molar-refractivity contribution in [3.8, 4) is 0 Å². The minimum absolute atomic E-state index is 0.0246. The first-order valence-electron chi connectivity index (χ1n) is 5.89. The first-order chi connectivity index (χ1) is 9.75. The zero-order chi connectivity index (χ0) is 16.0. The Morgan fingerprint density at radius 3 is 2.48 bits per heavy atom. The molecule has 0 heterocycles. The number of carbonyl (C=O) groups excluding carboxylic acids is 2. The summed E-state index contributed by atoms with van der Waals surface area (Å²) in [5.41, 5.74) is -4.22. The van der Waals surface area contributed by atoms with E-state index in [9.17, 15) is 22.8 Å². The minimum atomic E-state index is -4.49. The Morgan fingerprint density at radius 1 is 1.29 bits per heavy atom. The monoisotopic (exact) mass is 340 g/mol. The molecular formula is C13H12ClF3O3S. The average molecular weight is 341 g/mol. The lowest BCUT2D eigenvalue weighted by Gasteiger charge is -2.10. The number of hydrogen-bond donors (Lipinski definition) is 0. The molecule has 0 fully saturated rings. The molecule has 0 saturated carbocycles. The Labute approximate surface area is 128 Å². The second-order valence-corrected chi connectivity index (χ2v) is 5.39. The summed E-state index contributed by atoms with van der Waals surface area (Å²) >= 11 is 5.02. The van der Waals surface area contributed by atoms with Crippen LogP contribution in [-0.2, 0) is 16.0 Å². The van der Waals surface area contributed by atoms with Gasteiger partial charge in [0, 0.05) is 11.3 Å². The topological polar surface area (TPSA) is 43.4 Å². The van der Waals surface area contributed by atoms with E-state index in [0.717, 1.165) is 6.07 Å². The van der Waals surface area contributed by atoms with Gasteiger partial charge in [-0.3, -0.25) is 4.79 Å². The molecule has 8 heteroatoms. The first-order valence-corrected chi connectivity index (χ1v) is 7.24. The summed E-state index contributed by atoms with van der Waals surface area (Å²) in [5, 5.41) is 0. The van der Waals surface area contributed by atoms with E-state index >= 15 is 0 Å². The summed E-state index contributed by atoms with van der Waals surface area (Å²) in [6.45, 7) is 1.69. The maximum Gasteiger partial charge on any atom is 0.446 e. The van der Waals surface area contributed by atoms with Gasteiger partial charge < -0.3 is 4.74 Å². The Balaban J connectivity index is 3.12. The Hall–Kier alpha value is -1.21. The lowest BCUT2D eigenvalue weighted by Crippen LogP contribution is -2.09. The second kappa shape index (κ2) is 7.70. The fourth-order valence-electron chi connectivity index (χ4n) is 1.56. The second-order valence-electron chi connectivity index (χ2n) is 3.98. The number of ether oxygens (including phenoxy) is 1. The van der Waals surface area contributed by atoms with Gasteiger partial charge in [0.2, 0.25) is 0 Å². The number of halogens is 4. The fourth-order valence-corrected chi connectivity index (χ4v) is 2.32. The molecule has 0 amide bonds. The highest BCUT2D eigenvalue weighted by atomic mass is 35.5. The lowest BCUT2D eigenvalue weighted by molar-refractivity contribution is -0.116. The van der Waals surface area contributed by atoms with Gasteiger partial charge in [-0.25, -0.2) is 4.79 Å². The summed E-state index contributed by atoms with van der Waals surface area (Å²) < 4.78 is 42.1. The molecule has 0 aliphatic carbocycles. The standard InChI is InChI=1S/C13H12ClF3O3S/c1-2-20-12(19)9-3-8(4-10(18)7-14)5-11(6-9)21-13(15,16)17/h3,5-6H,2,4,7H2,1H3. The number of esters is 1. The average Bonchev–Trinajstić information content (AvgIpc) is 2.36. The van der Waals surface area contributed by atoms with Crippen LogP contribution in [-0.4, -0.2) is 29.7 Å². The van der Waals surface area contributed by atoms with Crippen molar-refractivity contribution in [3.05, 3.63) is 29.3 Å². The van der Waals surface area contributed by atoms with E-state index in [1.165, 1.54) is 12.1 Å². The lowest BCUT2D eigenvalue weighted by atomic mass is 10.1. The van der Waals surface area contributed by atoms with Crippen LogP contribution < -0.4 is 0 Å². The molecule has 0 N–H and O–H groups in total. The van der Waals surface area contributed by atoms with Crippen LogP contribution in [0.1, 0.15) is 22.8 Å². The highest BCUT2D eigenvalue weighted by Gasteiger charge is 2.30. The van der Waals surface area contributed by atoms with E-state index in [4.69, 9.17) is 16.3 Å². The molecule has 0 aliphatic rings. The van der Waals surface area contributed by atoms with Crippen molar-refractivity contribution in [2.24, 2.45) is 0 Å². The van der Waals surface area contributed by atoms with Gasteiger partial charge in [0.25, 0.3) is 0 Å². The highest BCUT2D eigenvalue weighted by Crippen LogP contribution is 2.37. The van der Waals surface area contributed by atoms with Crippen LogP contribution in [0.4, 0.5) is 13.2 Å². The number of rotatable bonds is 6. The Morgan fingerprint density at radius 2 is 1.95 bits per heavy atom. The molecule has 0 aliphatic heterocycles. The van der Waals surface area contributed by atoms with Gasteiger partial charge in [-0.1, -0.05) is 0 Å². The molecule has 0 spiro atoms. The number of alkyl halides is 4. The van der Waals surface area contributed by atoms with Crippen LogP contribution in [0.5, 0.6) is 0 Å². The molecule has 0 radical (unpaired) electrons. The third-order valence-electron chi connectivity index (χ3n) is 2.26. The van der Waals surface area contributed by atoms with Gasteiger partial charge in [0.05, 0.1) is 18.1 Å². The summed E-state index contributed by atoms with van der Waals surface area (Å²) in [5.74, 6) is -1.33. The molecule has 1 rings (SSSR count). The van der Waals surface area contributed by atoms with E-state index in [1.54, 1.807) is 6.92 Å². The molecule has 21 heavy (non-hydrogen) atoms. The van der Waals surface area contributed by atoms with Crippen molar-refractivity contribution >= 4 is 35.1 Å². The molecular weight excluding hydrogens is 329 g/mol. The highest BCUT2D eigenvalue weighted by molar-refractivity contribution is 8.00. The minimum Gasteiger partial charge on any atom is -0.462 e. The van der Waals surface area contributed by atoms with Crippen molar-refractivity contribution in [3.63, 3.8) is 0 Å². The fraction of sp³-hybridized carbons (Fsp3) is 0.385. The molecule has 0 aromatic heterocycles. The largest absolute Gasteiger partial charge is 0.462 e. The van der Waals surface area contributed by atoms with E-state index < -0.39 is 11.5 Å². The van der Waals surface area contributed by atoms with Crippen molar-refractivity contribution in [2.75, 3.05) is 12.5 Å². The third-order valence-corrected chi connectivity index (χ3v) is 3.26. The molecule has 0 bridgehead atoms. The number of thioether (sulfide) groups is 1. The molecule has 0 atom stereocenters. The van der Waals surface area contributed by atoms with Crippen molar-refractivity contribution < 1.29 is 27.5 Å². The predicted molar refractivity (Wildman–Crippen MR) is 73.7 cm³/mol. The number of ketones is 1. The Bertz CT molecular complexity index is 532. The van der Waals surface area contributed by atoms with Crippen molar-refractivity contribution in [1.29, 1.82) is 0 Å². The van der Waals surface area contributed by atoms with Crippen LogP contribution in [0.3, 0.4) is 0 Å². The van der Waals surface area contributed by atoms with Crippen LogP contribution in [0.25, 0.3) is 0 Å². The molecule has 0 saturated heterocycles. The zero-order valence-corrected chi connectivity index (χ0v) is 12.6. The molecule has 116 valence electrons. The van der Waals surface area contributed by atoms with Gasteiger partial charge in [0.1, 0.15) is 0 Å². The smallest absolute Gasteiger partial charge is 0.446 e. The van der Waals surface area contributed by atoms with Crippen LogP contribution >= 0.6 is 23.4 Å². The molecule has 1 aromatic rings. The number of Topliss-reactive ketones (excluding diaryl/α,β-unsaturated/α-hetero) is 1. The Kier molecular flexibility index (Phi) is 6.54. The SMILES string of the molecule is CCOC(=O)c1cc(CC(=O)CCl)cc(SC(F)(F)F)c1. The van der Waals surface area contributed by atoms with Gasteiger partial charge in [-0.15, -0.1) is 11.6 Å². The van der Waals surface area contributed by atoms with Crippen molar-refractivity contribution in [1.82, 2.24) is 0 Å². The number of carbonyl (C=O) groups is 2. The van der Waals surface area contributed by atoms with Gasteiger partial charge in [-0.05, 0) is 42.4 Å². The molecule has 3 nitrogen and oxygen atoms in total. The quantitative estimate of drug-likeness (QED) is 0.448. The molecule has 1 aromatic carbocycles. The number of benzene rings is 1. The summed E-state index contributed by atoms with van der Waals surface area (Å²) in [7, 11) is 0. The van der Waals surface area contributed by atoms with E-state index in [0.29, 0.717) is 0 Å². The van der Waals surface area contributed by atoms with Gasteiger partial charge >= 0.3 is 11.5 Å². The van der Waals surface area contributed by atoms with E-state index in [2.05, 4.69) is 0 Å². The normalized spacial score (nSPS) is 11.3.